The van der Waals surface area contributed by atoms with E-state index in [1.54, 1.807) is 6.92 Å². The van der Waals surface area contributed by atoms with E-state index in [9.17, 15) is 18.4 Å². The molecule has 2 heterocycles. The van der Waals surface area contributed by atoms with Crippen LogP contribution in [-0.2, 0) is 17.6 Å². The first-order valence-corrected chi connectivity index (χ1v) is 9.85. The van der Waals surface area contributed by atoms with Crippen LogP contribution in [-0.4, -0.2) is 15.9 Å². The largest absolute Gasteiger partial charge is 0.451 e. The van der Waals surface area contributed by atoms with Crippen molar-refractivity contribution in [3.8, 4) is 0 Å². The second kappa shape index (κ2) is 7.09. The summed E-state index contributed by atoms with van der Waals surface area (Å²) in [5.74, 6) is -1.86. The molecule has 3 aromatic rings. The Labute approximate surface area is 163 Å². The third kappa shape index (κ3) is 3.44. The number of H-pyrrole nitrogens is 1. The SMILES string of the molecule is C[C@H]1CCc2c(sc3nc([C@@H](C)OC(=O)c4cc(F)cc(F)c4)[nH]c(=O)c23)C1. The number of aromatic nitrogens is 2. The highest BCUT2D eigenvalue weighted by molar-refractivity contribution is 7.18. The van der Waals surface area contributed by atoms with Crippen molar-refractivity contribution in [2.45, 2.75) is 39.2 Å². The van der Waals surface area contributed by atoms with E-state index in [2.05, 4.69) is 16.9 Å². The summed E-state index contributed by atoms with van der Waals surface area (Å²) in [6, 6.07) is 2.46. The monoisotopic (exact) mass is 404 g/mol. The van der Waals surface area contributed by atoms with E-state index in [0.29, 0.717) is 22.2 Å². The van der Waals surface area contributed by atoms with Gasteiger partial charge >= 0.3 is 5.97 Å². The first-order chi connectivity index (χ1) is 13.3. The molecular weight excluding hydrogens is 386 g/mol. The Morgan fingerprint density at radius 1 is 1.32 bits per heavy atom. The fourth-order valence-corrected chi connectivity index (χ4v) is 4.90. The molecule has 1 aliphatic carbocycles. The molecule has 0 saturated heterocycles. The zero-order valence-electron chi connectivity index (χ0n) is 15.3. The lowest BCUT2D eigenvalue weighted by Gasteiger charge is -2.17. The van der Waals surface area contributed by atoms with Gasteiger partial charge in [0.2, 0.25) is 0 Å². The second-order valence-corrected chi connectivity index (χ2v) is 8.27. The molecule has 5 nitrogen and oxygen atoms in total. The maximum Gasteiger partial charge on any atom is 0.339 e. The molecule has 0 aliphatic heterocycles. The Bertz CT molecular complexity index is 1120. The molecule has 28 heavy (non-hydrogen) atoms. The highest BCUT2D eigenvalue weighted by Gasteiger charge is 2.24. The summed E-state index contributed by atoms with van der Waals surface area (Å²) >= 11 is 1.50. The molecule has 0 spiro atoms. The molecule has 8 heteroatoms. The smallest absolute Gasteiger partial charge is 0.339 e. The zero-order chi connectivity index (χ0) is 20.0. The van der Waals surface area contributed by atoms with Crippen molar-refractivity contribution in [1.29, 1.82) is 0 Å². The van der Waals surface area contributed by atoms with Crippen molar-refractivity contribution in [2.24, 2.45) is 5.92 Å². The molecule has 0 unspecified atom stereocenters. The van der Waals surface area contributed by atoms with E-state index in [0.717, 1.165) is 37.0 Å². The lowest BCUT2D eigenvalue weighted by molar-refractivity contribution is 0.0319. The molecule has 0 bridgehead atoms. The molecule has 146 valence electrons. The molecule has 0 saturated carbocycles. The zero-order valence-corrected chi connectivity index (χ0v) is 16.2. The van der Waals surface area contributed by atoms with Gasteiger partial charge in [-0.3, -0.25) is 4.79 Å². The first-order valence-electron chi connectivity index (χ1n) is 9.03. The number of carbonyl (C=O) groups excluding carboxylic acids is 1. The number of hydrogen-bond acceptors (Lipinski definition) is 5. The summed E-state index contributed by atoms with van der Waals surface area (Å²) in [4.78, 5) is 33.8. The minimum atomic E-state index is -0.895. The Morgan fingerprint density at radius 3 is 2.75 bits per heavy atom. The van der Waals surface area contributed by atoms with E-state index in [-0.39, 0.29) is 16.9 Å². The Balaban J connectivity index is 1.63. The van der Waals surface area contributed by atoms with E-state index in [4.69, 9.17) is 4.74 Å². The molecule has 2 atom stereocenters. The third-order valence-corrected chi connectivity index (χ3v) is 6.10. The van der Waals surface area contributed by atoms with Crippen LogP contribution in [0.1, 0.15) is 53.0 Å². The Kier molecular flexibility index (Phi) is 4.74. The summed E-state index contributed by atoms with van der Waals surface area (Å²) < 4.78 is 31.9. The normalized spacial score (nSPS) is 17.4. The Hall–Kier alpha value is -2.61. The van der Waals surface area contributed by atoms with Gasteiger partial charge in [-0.15, -0.1) is 11.3 Å². The van der Waals surface area contributed by atoms with Gasteiger partial charge in [0.05, 0.1) is 10.9 Å². The quantitative estimate of drug-likeness (QED) is 0.661. The molecule has 1 aromatic carbocycles. The summed E-state index contributed by atoms with van der Waals surface area (Å²) in [5, 5.41) is 0.612. The van der Waals surface area contributed by atoms with Crippen molar-refractivity contribution in [3.05, 3.63) is 62.0 Å². The fourth-order valence-electron chi connectivity index (χ4n) is 3.51. The number of carbonyl (C=O) groups is 1. The molecule has 0 fully saturated rings. The van der Waals surface area contributed by atoms with Gasteiger partial charge in [0, 0.05) is 10.9 Å². The average molecular weight is 404 g/mol. The number of ether oxygens (including phenoxy) is 1. The molecule has 0 amide bonds. The van der Waals surface area contributed by atoms with Gasteiger partial charge in [-0.25, -0.2) is 18.6 Å². The van der Waals surface area contributed by atoms with E-state index < -0.39 is 23.7 Å². The number of nitrogens with zero attached hydrogens (tertiary/aromatic N) is 1. The van der Waals surface area contributed by atoms with E-state index >= 15 is 0 Å². The van der Waals surface area contributed by atoms with Gasteiger partial charge in [0.15, 0.2) is 11.9 Å². The van der Waals surface area contributed by atoms with Crippen LogP contribution in [0.2, 0.25) is 0 Å². The van der Waals surface area contributed by atoms with Crippen molar-refractivity contribution < 1.29 is 18.3 Å². The fraction of sp³-hybridized carbons (Fsp3) is 0.350. The van der Waals surface area contributed by atoms with Gasteiger partial charge in [-0.2, -0.15) is 0 Å². The lowest BCUT2D eigenvalue weighted by atomic mass is 9.89. The second-order valence-electron chi connectivity index (χ2n) is 7.19. The summed E-state index contributed by atoms with van der Waals surface area (Å²) in [6.07, 6.45) is 1.95. The molecule has 2 aromatic heterocycles. The minimum Gasteiger partial charge on any atom is -0.451 e. The van der Waals surface area contributed by atoms with Gasteiger partial charge < -0.3 is 9.72 Å². The predicted octanol–water partition coefficient (Wildman–Crippen LogP) is 4.31. The number of esters is 1. The van der Waals surface area contributed by atoms with Gasteiger partial charge in [-0.1, -0.05) is 6.92 Å². The number of aryl methyl sites for hydroxylation is 1. The maximum absolute atomic E-state index is 13.3. The molecule has 0 radical (unpaired) electrons. The summed E-state index contributed by atoms with van der Waals surface area (Å²) in [7, 11) is 0. The van der Waals surface area contributed by atoms with Crippen molar-refractivity contribution >= 4 is 27.5 Å². The molecule has 4 rings (SSSR count). The van der Waals surface area contributed by atoms with Crippen LogP contribution in [0, 0.1) is 17.6 Å². The van der Waals surface area contributed by atoms with Crippen LogP contribution in [0.4, 0.5) is 8.78 Å². The van der Waals surface area contributed by atoms with Crippen LogP contribution >= 0.6 is 11.3 Å². The van der Waals surface area contributed by atoms with Crippen LogP contribution in [0.3, 0.4) is 0 Å². The number of hydrogen-bond donors (Lipinski definition) is 1. The predicted molar refractivity (Wildman–Crippen MR) is 102 cm³/mol. The standard InChI is InChI=1S/C20H18F2N2O3S/c1-9-3-4-14-15(5-9)28-19-16(14)18(25)23-17(24-19)10(2)27-20(26)11-6-12(21)8-13(22)7-11/h6-10H,3-5H2,1-2H3,(H,23,24,25)/t9-,10+/m0/s1. The molecular formula is C20H18F2N2O3S. The van der Waals surface area contributed by atoms with Gasteiger partial charge in [-0.05, 0) is 49.8 Å². The first kappa shape index (κ1) is 18.7. The van der Waals surface area contributed by atoms with Crippen LogP contribution < -0.4 is 5.56 Å². The number of halogens is 2. The summed E-state index contributed by atoms with van der Waals surface area (Å²) in [6.45, 7) is 3.74. The maximum atomic E-state index is 13.3. The van der Waals surface area contributed by atoms with Crippen LogP contribution in [0.15, 0.2) is 23.0 Å². The number of fused-ring (bicyclic) bond motifs is 3. The number of nitrogens with one attached hydrogen (secondary N) is 1. The number of benzene rings is 1. The number of thiophene rings is 1. The van der Waals surface area contributed by atoms with Crippen LogP contribution in [0.25, 0.3) is 10.2 Å². The van der Waals surface area contributed by atoms with Gasteiger partial charge in [0.1, 0.15) is 16.5 Å². The average Bonchev–Trinajstić information content (AvgIpc) is 2.98. The van der Waals surface area contributed by atoms with Crippen molar-refractivity contribution in [1.82, 2.24) is 9.97 Å². The Morgan fingerprint density at radius 2 is 2.04 bits per heavy atom. The van der Waals surface area contributed by atoms with Gasteiger partial charge in [0.25, 0.3) is 5.56 Å². The van der Waals surface area contributed by atoms with Crippen molar-refractivity contribution in [3.63, 3.8) is 0 Å². The van der Waals surface area contributed by atoms with Crippen LogP contribution in [0.5, 0.6) is 0 Å². The van der Waals surface area contributed by atoms with E-state index in [1.807, 2.05) is 0 Å². The highest BCUT2D eigenvalue weighted by Crippen LogP contribution is 2.36. The van der Waals surface area contributed by atoms with E-state index in [1.165, 1.54) is 16.2 Å². The highest BCUT2D eigenvalue weighted by atomic mass is 32.1. The topological polar surface area (TPSA) is 72.0 Å². The van der Waals surface area contributed by atoms with Crippen molar-refractivity contribution in [2.75, 3.05) is 0 Å². The third-order valence-electron chi connectivity index (χ3n) is 4.95. The minimum absolute atomic E-state index is 0.203. The summed E-state index contributed by atoms with van der Waals surface area (Å²) in [5.41, 5.74) is 0.568. The number of rotatable bonds is 3. The molecule has 1 aliphatic rings. The molecule has 1 N–H and O–H groups in total. The number of aromatic amines is 1. The lowest BCUT2D eigenvalue weighted by Crippen LogP contribution is -2.18.